The van der Waals surface area contributed by atoms with Crippen LogP contribution in [0.2, 0.25) is 0 Å². The number of carbonyl (C=O) groups is 1. The first-order valence-electron chi connectivity index (χ1n) is 7.21. The summed E-state index contributed by atoms with van der Waals surface area (Å²) in [6, 6.07) is 3.30. The highest BCUT2D eigenvalue weighted by atomic mass is 35.5. The largest absolute Gasteiger partial charge is 0.492 e. The topological polar surface area (TPSA) is 73.6 Å². The maximum Gasteiger partial charge on any atom is 0.227 e. The Balaban J connectivity index is 0.00000264. The average Bonchev–Trinajstić information content (AvgIpc) is 2.55. The molecular weight excluding hydrogens is 330 g/mol. The van der Waals surface area contributed by atoms with Gasteiger partial charge in [0.2, 0.25) is 5.91 Å². The van der Waals surface area contributed by atoms with E-state index < -0.39 is 17.0 Å². The molecule has 0 radical (unpaired) electrons. The summed E-state index contributed by atoms with van der Waals surface area (Å²) in [6.45, 7) is 1.74. The zero-order valence-corrected chi connectivity index (χ0v) is 13.5. The molecule has 2 rings (SSSR count). The van der Waals surface area contributed by atoms with Gasteiger partial charge in [0.25, 0.3) is 0 Å². The summed E-state index contributed by atoms with van der Waals surface area (Å²) in [5.41, 5.74) is 5.16. The van der Waals surface area contributed by atoms with Crippen LogP contribution in [0, 0.1) is 17.0 Å². The van der Waals surface area contributed by atoms with Gasteiger partial charge < -0.3 is 20.5 Å². The lowest BCUT2D eigenvalue weighted by Gasteiger charge is -2.34. The lowest BCUT2D eigenvalue weighted by molar-refractivity contribution is -0.136. The van der Waals surface area contributed by atoms with Crippen molar-refractivity contribution in [1.82, 2.24) is 5.32 Å². The highest BCUT2D eigenvalue weighted by molar-refractivity contribution is 5.85. The SMILES string of the molecule is Cl.NCC1(C(=O)NCCOc2ccc(F)c(F)c2)CCOCC1. The number of hydrogen-bond acceptors (Lipinski definition) is 4. The number of nitrogens with one attached hydrogen (secondary N) is 1. The van der Waals surface area contributed by atoms with Crippen molar-refractivity contribution >= 4 is 18.3 Å². The van der Waals surface area contributed by atoms with E-state index in [1.165, 1.54) is 6.07 Å². The van der Waals surface area contributed by atoms with E-state index in [0.29, 0.717) is 26.1 Å². The summed E-state index contributed by atoms with van der Waals surface area (Å²) >= 11 is 0. The first-order chi connectivity index (χ1) is 10.6. The lowest BCUT2D eigenvalue weighted by Crippen LogP contribution is -2.49. The van der Waals surface area contributed by atoms with Gasteiger partial charge in [0, 0.05) is 25.8 Å². The lowest BCUT2D eigenvalue weighted by atomic mass is 9.79. The zero-order chi connectivity index (χ0) is 16.0. The summed E-state index contributed by atoms with van der Waals surface area (Å²) in [5.74, 6) is -1.80. The molecule has 8 heteroatoms. The van der Waals surface area contributed by atoms with Crippen LogP contribution >= 0.6 is 12.4 Å². The first-order valence-corrected chi connectivity index (χ1v) is 7.21. The Kier molecular flexibility index (Phi) is 7.67. The van der Waals surface area contributed by atoms with Crippen molar-refractivity contribution < 1.29 is 23.0 Å². The van der Waals surface area contributed by atoms with E-state index in [-0.39, 0.29) is 43.8 Å². The Morgan fingerprint density at radius 1 is 1.30 bits per heavy atom. The number of ether oxygens (including phenoxy) is 2. The normalized spacial score (nSPS) is 16.3. The van der Waals surface area contributed by atoms with Gasteiger partial charge in [-0.05, 0) is 25.0 Å². The van der Waals surface area contributed by atoms with Gasteiger partial charge in [-0.1, -0.05) is 0 Å². The molecule has 0 atom stereocenters. The van der Waals surface area contributed by atoms with Crippen molar-refractivity contribution in [3.8, 4) is 5.75 Å². The van der Waals surface area contributed by atoms with Gasteiger partial charge in [-0.25, -0.2) is 8.78 Å². The Labute approximate surface area is 139 Å². The van der Waals surface area contributed by atoms with Crippen molar-refractivity contribution in [3.05, 3.63) is 29.8 Å². The Hall–Kier alpha value is -1.44. The molecule has 1 aliphatic rings. The molecule has 0 aromatic heterocycles. The van der Waals surface area contributed by atoms with Crippen molar-refractivity contribution in [3.63, 3.8) is 0 Å². The van der Waals surface area contributed by atoms with Gasteiger partial charge in [-0.15, -0.1) is 12.4 Å². The molecule has 1 aliphatic heterocycles. The molecule has 0 spiro atoms. The zero-order valence-electron chi connectivity index (χ0n) is 12.6. The molecule has 3 N–H and O–H groups in total. The monoisotopic (exact) mass is 350 g/mol. The number of nitrogens with two attached hydrogens (primary N) is 1. The summed E-state index contributed by atoms with van der Waals surface area (Å²) < 4.78 is 36.3. The maximum atomic E-state index is 13.0. The second-order valence-electron chi connectivity index (χ2n) is 5.28. The molecular formula is C15H21ClF2N2O3. The second-order valence-corrected chi connectivity index (χ2v) is 5.28. The molecule has 23 heavy (non-hydrogen) atoms. The molecule has 0 bridgehead atoms. The van der Waals surface area contributed by atoms with Gasteiger partial charge in [-0.3, -0.25) is 4.79 Å². The van der Waals surface area contributed by atoms with E-state index in [1.54, 1.807) is 0 Å². The third-order valence-electron chi connectivity index (χ3n) is 3.87. The molecule has 0 saturated carbocycles. The molecule has 130 valence electrons. The van der Waals surface area contributed by atoms with Crippen LogP contribution < -0.4 is 15.8 Å². The molecule has 1 fully saturated rings. The molecule has 5 nitrogen and oxygen atoms in total. The van der Waals surface area contributed by atoms with Crippen LogP contribution in [0.4, 0.5) is 8.78 Å². The van der Waals surface area contributed by atoms with Crippen molar-refractivity contribution in [1.29, 1.82) is 0 Å². The second kappa shape index (κ2) is 9.00. The molecule has 0 unspecified atom stereocenters. The molecule has 0 aliphatic carbocycles. The van der Waals surface area contributed by atoms with E-state index in [9.17, 15) is 13.6 Å². The van der Waals surface area contributed by atoms with E-state index >= 15 is 0 Å². The summed E-state index contributed by atoms with van der Waals surface area (Å²) in [7, 11) is 0. The van der Waals surface area contributed by atoms with E-state index in [0.717, 1.165) is 12.1 Å². The molecule has 1 aromatic rings. The molecule has 1 saturated heterocycles. The fourth-order valence-corrected chi connectivity index (χ4v) is 2.37. The fraction of sp³-hybridized carbons (Fsp3) is 0.533. The van der Waals surface area contributed by atoms with E-state index in [4.69, 9.17) is 15.2 Å². The van der Waals surface area contributed by atoms with Crippen molar-refractivity contribution in [2.75, 3.05) is 32.9 Å². The minimum atomic E-state index is -0.967. The molecule has 1 heterocycles. The smallest absolute Gasteiger partial charge is 0.227 e. The van der Waals surface area contributed by atoms with Crippen LogP contribution in [0.1, 0.15) is 12.8 Å². The highest BCUT2D eigenvalue weighted by Gasteiger charge is 2.38. The minimum Gasteiger partial charge on any atom is -0.492 e. The Morgan fingerprint density at radius 2 is 2.00 bits per heavy atom. The molecule has 1 aromatic carbocycles. The number of halogens is 3. The fourth-order valence-electron chi connectivity index (χ4n) is 2.37. The van der Waals surface area contributed by atoms with E-state index in [2.05, 4.69) is 5.32 Å². The summed E-state index contributed by atoms with van der Waals surface area (Å²) in [6.07, 6.45) is 1.19. The third-order valence-corrected chi connectivity index (χ3v) is 3.87. The summed E-state index contributed by atoms with van der Waals surface area (Å²) in [5, 5.41) is 2.77. The van der Waals surface area contributed by atoms with Gasteiger partial charge in [0.15, 0.2) is 11.6 Å². The predicted molar refractivity (Wildman–Crippen MR) is 83.7 cm³/mol. The average molecular weight is 351 g/mol. The Bertz CT molecular complexity index is 525. The highest BCUT2D eigenvalue weighted by Crippen LogP contribution is 2.29. The van der Waals surface area contributed by atoms with Crippen molar-refractivity contribution in [2.45, 2.75) is 12.8 Å². The third kappa shape index (κ3) is 5.02. The number of hydrogen-bond donors (Lipinski definition) is 2. The van der Waals surface area contributed by atoms with E-state index in [1.807, 2.05) is 0 Å². The van der Waals surface area contributed by atoms with Crippen LogP contribution in [0.25, 0.3) is 0 Å². The van der Waals surface area contributed by atoms with Crippen LogP contribution in [0.5, 0.6) is 5.75 Å². The standard InChI is InChI=1S/C15H20F2N2O3.ClH/c16-12-2-1-11(9-13(12)17)22-8-5-19-14(20)15(10-18)3-6-21-7-4-15;/h1-2,9H,3-8,10,18H2,(H,19,20);1H. The first kappa shape index (κ1) is 19.6. The van der Waals surface area contributed by atoms with Crippen LogP contribution in [-0.4, -0.2) is 38.8 Å². The number of carbonyl (C=O) groups excluding carboxylic acids is 1. The maximum absolute atomic E-state index is 13.0. The molecule has 1 amide bonds. The van der Waals surface area contributed by atoms with Crippen LogP contribution in [0.3, 0.4) is 0 Å². The van der Waals surface area contributed by atoms with Gasteiger partial charge in [0.1, 0.15) is 12.4 Å². The quantitative estimate of drug-likeness (QED) is 0.765. The Morgan fingerprint density at radius 3 is 2.61 bits per heavy atom. The van der Waals surface area contributed by atoms with Gasteiger partial charge in [0.05, 0.1) is 12.0 Å². The number of benzene rings is 1. The van der Waals surface area contributed by atoms with Crippen molar-refractivity contribution in [2.24, 2.45) is 11.1 Å². The number of amides is 1. The summed E-state index contributed by atoms with van der Waals surface area (Å²) in [4.78, 5) is 12.2. The number of rotatable bonds is 6. The minimum absolute atomic E-state index is 0. The van der Waals surface area contributed by atoms with Crippen LogP contribution in [-0.2, 0) is 9.53 Å². The van der Waals surface area contributed by atoms with Gasteiger partial charge >= 0.3 is 0 Å². The van der Waals surface area contributed by atoms with Crippen LogP contribution in [0.15, 0.2) is 18.2 Å². The van der Waals surface area contributed by atoms with Gasteiger partial charge in [-0.2, -0.15) is 0 Å². The predicted octanol–water partition coefficient (Wildman–Crippen LogP) is 1.64.